The third-order valence-electron chi connectivity index (χ3n) is 9.01. The topological polar surface area (TPSA) is 215 Å². The molecule has 0 spiro atoms. The van der Waals surface area contributed by atoms with Gasteiger partial charge < -0.3 is 20.7 Å². The monoisotopic (exact) mass is 827 g/mol. The van der Waals surface area contributed by atoms with E-state index in [4.69, 9.17) is 0 Å². The van der Waals surface area contributed by atoms with Crippen molar-refractivity contribution in [2.45, 2.75) is 0 Å². The minimum atomic E-state index is -1.06. The molecule has 6 aromatic rings. The predicted octanol–water partition coefficient (Wildman–Crippen LogP) is 2.09. The van der Waals surface area contributed by atoms with Gasteiger partial charge >= 0.3 is 30.6 Å². The van der Waals surface area contributed by atoms with Gasteiger partial charge in [-0.05, 0) is 126 Å². The molecule has 18 heteroatoms. The number of rotatable bonds is 10. The third kappa shape index (κ3) is 9.61. The van der Waals surface area contributed by atoms with Crippen molar-refractivity contribution in [2.24, 2.45) is 0 Å². The van der Waals surface area contributed by atoms with Gasteiger partial charge in [0.15, 0.2) is 0 Å². The Bertz CT molecular complexity index is 2970. The summed E-state index contributed by atoms with van der Waals surface area (Å²) in [4.78, 5) is 98.8. The van der Waals surface area contributed by atoms with E-state index in [0.717, 1.165) is 36.4 Å². The summed E-state index contributed by atoms with van der Waals surface area (Å²) in [6, 6.07) is 23.0. The van der Waals surface area contributed by atoms with Gasteiger partial charge in [0.25, 0.3) is 29.2 Å². The third-order valence-corrected chi connectivity index (χ3v) is 9.01. The first kappa shape index (κ1) is 43.3. The fourth-order valence-electron chi connectivity index (χ4n) is 6.02. The molecule has 15 nitrogen and oxygen atoms in total. The Hall–Kier alpha value is -8.26. The second kappa shape index (κ2) is 18.8. The van der Waals surface area contributed by atoms with Crippen molar-refractivity contribution in [3.63, 3.8) is 0 Å². The van der Waals surface area contributed by atoms with Crippen molar-refractivity contribution in [1.29, 1.82) is 0 Å². The molecule has 62 heavy (non-hydrogen) atoms. The van der Waals surface area contributed by atoms with E-state index in [1.165, 1.54) is 97.3 Å². The zero-order valence-corrected chi connectivity index (χ0v) is 32.2. The molecule has 3 heterocycles. The summed E-state index contributed by atoms with van der Waals surface area (Å²) in [5, 5.41) is 20.4. The van der Waals surface area contributed by atoms with Gasteiger partial charge in [-0.25, -0.2) is 27.8 Å². The Morgan fingerprint density at radius 3 is 1.84 bits per heavy atom. The van der Waals surface area contributed by atoms with Crippen LogP contribution in [0.25, 0.3) is 17.3 Å². The van der Waals surface area contributed by atoms with Crippen LogP contribution in [0, 0.1) is 11.6 Å². The fraction of sp³-hybridized carbons (Fsp3) is 0. The quantitative estimate of drug-likeness (QED) is 0.0688. The number of hydrogen-bond donors (Lipinski definition) is 4. The predicted molar refractivity (Wildman–Crippen MR) is 218 cm³/mol. The van der Waals surface area contributed by atoms with E-state index in [0.29, 0.717) is 15.0 Å². The summed E-state index contributed by atoms with van der Waals surface area (Å²) in [5.74, 6) is -5.32. The van der Waals surface area contributed by atoms with Gasteiger partial charge in [0, 0.05) is 40.5 Å². The minimum Gasteiger partial charge on any atom is -0.860 e. The fourth-order valence-corrected chi connectivity index (χ4v) is 6.02. The summed E-state index contributed by atoms with van der Waals surface area (Å²) in [5.41, 5.74) is -1.71. The number of carbonyl (C=O) groups excluding carboxylic acids is 5. The van der Waals surface area contributed by atoms with Gasteiger partial charge in [-0.1, -0.05) is 24.3 Å². The van der Waals surface area contributed by atoms with Crippen LogP contribution in [0.1, 0.15) is 31.8 Å². The average molecular weight is 828 g/mol. The van der Waals surface area contributed by atoms with Crippen molar-refractivity contribution in [3.8, 4) is 11.6 Å². The molecular weight excluding hydrogens is 799 g/mol. The number of aromatic nitrogens is 3. The number of pyridine rings is 1. The normalized spacial score (nSPS) is 13.5. The maximum absolute atomic E-state index is 13.8. The van der Waals surface area contributed by atoms with Crippen LogP contribution in [-0.2, 0) is 9.59 Å². The first-order valence-electron chi connectivity index (χ1n) is 18.0. The van der Waals surface area contributed by atoms with Crippen LogP contribution < -0.4 is 56.1 Å². The molecular formula is C44H28F2LiN7O8. The number of imide groups is 2. The number of aromatic amines is 1. The van der Waals surface area contributed by atoms with Crippen molar-refractivity contribution < 1.29 is 56.7 Å². The van der Waals surface area contributed by atoms with Crippen molar-refractivity contribution in [3.05, 3.63) is 200 Å². The Kier molecular flexibility index (Phi) is 13.1. The maximum atomic E-state index is 13.8. The summed E-state index contributed by atoms with van der Waals surface area (Å²) in [6.07, 6.45) is 7.80. The summed E-state index contributed by atoms with van der Waals surface area (Å²) in [6.45, 7) is 0. The number of halogens is 2. The van der Waals surface area contributed by atoms with E-state index in [-0.39, 0.29) is 58.3 Å². The number of amides is 6. The zero-order chi connectivity index (χ0) is 43.2. The summed E-state index contributed by atoms with van der Waals surface area (Å²) >= 11 is 0. The average Bonchev–Trinajstić information content (AvgIpc) is 3.23. The van der Waals surface area contributed by atoms with E-state index in [2.05, 4.69) is 25.9 Å². The van der Waals surface area contributed by atoms with E-state index in [1.807, 2.05) is 0 Å². The van der Waals surface area contributed by atoms with Crippen molar-refractivity contribution in [1.82, 2.24) is 19.9 Å². The zero-order valence-electron chi connectivity index (χ0n) is 32.2. The summed E-state index contributed by atoms with van der Waals surface area (Å²) < 4.78 is 27.4. The molecule has 0 saturated carbocycles. The first-order chi connectivity index (χ1) is 29.4. The van der Waals surface area contributed by atoms with Crippen molar-refractivity contribution >= 4 is 58.4 Å². The van der Waals surface area contributed by atoms with Crippen LogP contribution in [0.3, 0.4) is 0 Å². The number of nitrogens with one attached hydrogen (secondary N) is 4. The number of carbonyl (C=O) groups is 5. The SMILES string of the molecule is O=C1NC(=O)N(c2cccc(NC(=O)c3ccc(F)cc3)c2)C(=O)\C1=C/C=C(/C=C/c1c([O-])[nH]c(=O)n(-c2cccc(NC(=O)c3ccc(F)cc3)c2)c1=O)c1ccncc1.[Li+]. The molecule has 4 N–H and O–H groups in total. The number of hydrogen-bond acceptors (Lipinski definition) is 9. The molecule has 1 saturated heterocycles. The minimum absolute atomic E-state index is 0. The number of H-pyrrole nitrogens is 1. The molecule has 1 fully saturated rings. The molecule has 2 aromatic heterocycles. The largest absolute Gasteiger partial charge is 1.00 e. The van der Waals surface area contributed by atoms with E-state index >= 15 is 0 Å². The molecule has 1 aliphatic heterocycles. The molecule has 0 unspecified atom stereocenters. The number of nitrogens with zero attached hydrogens (tertiary/aromatic N) is 3. The van der Waals surface area contributed by atoms with Crippen LogP contribution in [0.2, 0.25) is 0 Å². The van der Waals surface area contributed by atoms with E-state index < -0.39 is 69.6 Å². The van der Waals surface area contributed by atoms with E-state index in [1.54, 1.807) is 12.1 Å². The maximum Gasteiger partial charge on any atom is 1.00 e. The molecule has 0 atom stereocenters. The molecule has 0 radical (unpaired) electrons. The second-order valence-corrected chi connectivity index (χ2v) is 13.0. The Balaban J connectivity index is 0.00000641. The molecule has 7 rings (SSSR count). The van der Waals surface area contributed by atoms with Crippen LogP contribution >= 0.6 is 0 Å². The number of anilines is 3. The Morgan fingerprint density at radius 1 is 0.710 bits per heavy atom. The van der Waals surface area contributed by atoms with Gasteiger partial charge in [-0.15, -0.1) is 0 Å². The molecule has 4 aromatic carbocycles. The summed E-state index contributed by atoms with van der Waals surface area (Å²) in [7, 11) is 0. The number of benzene rings is 4. The van der Waals surface area contributed by atoms with Crippen LogP contribution in [0.15, 0.2) is 155 Å². The Morgan fingerprint density at radius 2 is 1.26 bits per heavy atom. The van der Waals surface area contributed by atoms with Crippen LogP contribution in [0.4, 0.5) is 30.6 Å². The number of barbiturate groups is 1. The van der Waals surface area contributed by atoms with Gasteiger partial charge in [-0.2, -0.15) is 0 Å². The number of urea groups is 1. The Labute approximate surface area is 360 Å². The smallest absolute Gasteiger partial charge is 0.860 e. The van der Waals surface area contributed by atoms with Gasteiger partial charge in [0.05, 0.1) is 11.4 Å². The van der Waals surface area contributed by atoms with Crippen LogP contribution in [0.5, 0.6) is 5.88 Å². The van der Waals surface area contributed by atoms with Crippen molar-refractivity contribution in [2.75, 3.05) is 15.5 Å². The molecule has 0 bridgehead atoms. The molecule has 6 amide bonds. The van der Waals surface area contributed by atoms with Gasteiger partial charge in [0.1, 0.15) is 17.2 Å². The van der Waals surface area contributed by atoms with Crippen LogP contribution in [-0.4, -0.2) is 44.2 Å². The standard InChI is InChI=1S/C44H29F2N7O8.Li/c45-29-13-7-27(8-14-29)37(54)48-31-3-1-5-33(23-31)52-41(58)35(39(56)50-43(52)60)17-11-25(26-19-21-47-22-20-26)12-18-36-40(57)51-44(61)53(42(36)59)34-6-2-4-32(24-34)49-38(55)28-9-15-30(46)16-10-28;/h1-24,56H,(H,48,54)(H,49,55)(H,50,60)(H,51,57,61);/q;+1/p-1/b17-11+,25-12-,36-18-;. The number of allylic oxidation sites excluding steroid dienone is 4. The molecule has 1 aliphatic rings. The van der Waals surface area contributed by atoms with E-state index in [9.17, 15) is 47.4 Å². The van der Waals surface area contributed by atoms with Gasteiger partial charge in [0.2, 0.25) is 0 Å². The second-order valence-electron chi connectivity index (χ2n) is 13.0. The molecule has 302 valence electrons. The first-order valence-corrected chi connectivity index (χ1v) is 18.0. The van der Waals surface area contributed by atoms with Gasteiger partial charge in [-0.3, -0.25) is 34.3 Å². The molecule has 0 aliphatic carbocycles.